The molecule has 6 heteroatoms. The summed E-state index contributed by atoms with van der Waals surface area (Å²) in [5.41, 5.74) is 0.460. The zero-order valence-electron chi connectivity index (χ0n) is 13.3. The molecule has 0 aliphatic rings. The van der Waals surface area contributed by atoms with E-state index in [-0.39, 0.29) is 21.8 Å². The van der Waals surface area contributed by atoms with Crippen molar-refractivity contribution >= 4 is 20.6 Å². The molecule has 24 heavy (non-hydrogen) atoms. The van der Waals surface area contributed by atoms with Crippen LogP contribution in [0.2, 0.25) is 0 Å². The predicted octanol–water partition coefficient (Wildman–Crippen LogP) is 3.14. The van der Waals surface area contributed by atoms with Crippen molar-refractivity contribution in [1.29, 1.82) is 0 Å². The Kier molecular flexibility index (Phi) is 4.01. The molecule has 4 nitrogen and oxygen atoms in total. The van der Waals surface area contributed by atoms with Gasteiger partial charge in [0.1, 0.15) is 5.82 Å². The number of aromatic nitrogens is 1. The van der Waals surface area contributed by atoms with Gasteiger partial charge in [0.25, 0.3) is 5.56 Å². The van der Waals surface area contributed by atoms with Crippen LogP contribution < -0.4 is 5.56 Å². The van der Waals surface area contributed by atoms with Gasteiger partial charge in [0.2, 0.25) is 0 Å². The smallest absolute Gasteiger partial charge is 0.258 e. The average Bonchev–Trinajstić information content (AvgIpc) is 2.58. The highest BCUT2D eigenvalue weighted by Crippen LogP contribution is 2.30. The third-order valence-corrected chi connectivity index (χ3v) is 5.79. The van der Waals surface area contributed by atoms with Gasteiger partial charge in [0.05, 0.1) is 10.6 Å². The fourth-order valence-electron chi connectivity index (χ4n) is 2.70. The summed E-state index contributed by atoms with van der Waals surface area (Å²) < 4.78 is 40.0. The lowest BCUT2D eigenvalue weighted by atomic mass is 10.0. The van der Waals surface area contributed by atoms with Crippen LogP contribution in [0.5, 0.6) is 0 Å². The van der Waals surface area contributed by atoms with E-state index < -0.39 is 15.7 Å². The molecule has 1 heterocycles. The predicted molar refractivity (Wildman–Crippen MR) is 92.3 cm³/mol. The summed E-state index contributed by atoms with van der Waals surface area (Å²) >= 11 is 0. The van der Waals surface area contributed by atoms with Crippen molar-refractivity contribution in [2.45, 2.75) is 11.8 Å². The maximum atomic E-state index is 14.4. The first-order valence-corrected chi connectivity index (χ1v) is 9.11. The molecule has 0 fully saturated rings. The number of rotatable bonds is 3. The Morgan fingerprint density at radius 3 is 2.38 bits per heavy atom. The van der Waals surface area contributed by atoms with Gasteiger partial charge < -0.3 is 4.57 Å². The largest absolute Gasteiger partial charge is 0.317 e. The van der Waals surface area contributed by atoms with E-state index in [1.165, 1.54) is 22.9 Å². The second-order valence-electron chi connectivity index (χ2n) is 5.55. The van der Waals surface area contributed by atoms with Gasteiger partial charge in [-0.05, 0) is 29.7 Å². The van der Waals surface area contributed by atoms with Crippen LogP contribution in [0.15, 0.2) is 58.4 Å². The maximum absolute atomic E-state index is 14.4. The van der Waals surface area contributed by atoms with Crippen molar-refractivity contribution in [3.8, 4) is 11.1 Å². The van der Waals surface area contributed by atoms with E-state index in [0.29, 0.717) is 16.3 Å². The molecular formula is C18H16FNO3S. The van der Waals surface area contributed by atoms with E-state index in [1.54, 1.807) is 38.2 Å². The van der Waals surface area contributed by atoms with Gasteiger partial charge in [-0.1, -0.05) is 25.1 Å². The van der Waals surface area contributed by atoms with Crippen molar-refractivity contribution in [3.63, 3.8) is 0 Å². The summed E-state index contributed by atoms with van der Waals surface area (Å²) in [6.07, 6.45) is 1.53. The first-order chi connectivity index (χ1) is 11.3. The SMILES string of the molecule is CCS(=O)(=O)c1ccc(F)c(-c2cn(C)c(=O)c3ccccc23)c1. The van der Waals surface area contributed by atoms with Gasteiger partial charge in [-0.3, -0.25) is 4.79 Å². The molecule has 2 aromatic carbocycles. The lowest BCUT2D eigenvalue weighted by Gasteiger charge is -2.12. The minimum absolute atomic E-state index is 0.0634. The van der Waals surface area contributed by atoms with Crippen LogP contribution in [0.25, 0.3) is 21.9 Å². The van der Waals surface area contributed by atoms with Crippen molar-refractivity contribution in [2.24, 2.45) is 7.05 Å². The van der Waals surface area contributed by atoms with Crippen molar-refractivity contribution in [3.05, 3.63) is 64.8 Å². The standard InChI is InChI=1S/C18H16FNO3S/c1-3-24(22,23)12-8-9-17(19)15(10-12)16-11-20(2)18(21)14-7-5-4-6-13(14)16/h4-11H,3H2,1-2H3. The van der Waals surface area contributed by atoms with Crippen LogP contribution in [-0.2, 0) is 16.9 Å². The molecule has 3 aromatic rings. The molecule has 0 saturated heterocycles. The second-order valence-corrected chi connectivity index (χ2v) is 7.83. The Morgan fingerprint density at radius 1 is 1.04 bits per heavy atom. The van der Waals surface area contributed by atoms with Gasteiger partial charge in [-0.15, -0.1) is 0 Å². The lowest BCUT2D eigenvalue weighted by Crippen LogP contribution is -2.16. The summed E-state index contributed by atoms with van der Waals surface area (Å²) in [6, 6.07) is 10.6. The fraction of sp³-hybridized carbons (Fsp3) is 0.167. The Bertz CT molecular complexity index is 1100. The molecule has 1 aromatic heterocycles. The molecule has 0 unspecified atom stereocenters. The van der Waals surface area contributed by atoms with Crippen LogP contribution >= 0.6 is 0 Å². The topological polar surface area (TPSA) is 56.1 Å². The zero-order chi connectivity index (χ0) is 17.5. The normalized spacial score (nSPS) is 11.8. The Labute approximate surface area is 139 Å². The Hall–Kier alpha value is -2.47. The molecule has 0 atom stereocenters. The van der Waals surface area contributed by atoms with E-state index in [9.17, 15) is 17.6 Å². The van der Waals surface area contributed by atoms with E-state index >= 15 is 0 Å². The highest BCUT2D eigenvalue weighted by molar-refractivity contribution is 7.91. The van der Waals surface area contributed by atoms with Gasteiger partial charge in [0.15, 0.2) is 9.84 Å². The van der Waals surface area contributed by atoms with Crippen molar-refractivity contribution in [1.82, 2.24) is 4.57 Å². The quantitative estimate of drug-likeness (QED) is 0.685. The summed E-state index contributed by atoms with van der Waals surface area (Å²) in [7, 11) is -1.87. The number of hydrogen-bond donors (Lipinski definition) is 0. The van der Waals surface area contributed by atoms with E-state index in [4.69, 9.17) is 0 Å². The molecule has 0 N–H and O–H groups in total. The summed E-state index contributed by atoms with van der Waals surface area (Å²) in [5, 5.41) is 1.05. The van der Waals surface area contributed by atoms with Gasteiger partial charge in [-0.25, -0.2) is 12.8 Å². The second kappa shape index (κ2) is 5.87. The Morgan fingerprint density at radius 2 is 1.71 bits per heavy atom. The number of benzene rings is 2. The number of pyridine rings is 1. The third kappa shape index (κ3) is 2.63. The van der Waals surface area contributed by atoms with E-state index in [0.717, 1.165) is 6.07 Å². The molecule has 0 saturated carbocycles. The van der Waals surface area contributed by atoms with Crippen molar-refractivity contribution < 1.29 is 12.8 Å². The third-order valence-electron chi connectivity index (χ3n) is 4.06. The molecule has 0 radical (unpaired) electrons. The van der Waals surface area contributed by atoms with Crippen LogP contribution in [0.4, 0.5) is 4.39 Å². The summed E-state index contributed by atoms with van der Waals surface area (Å²) in [6.45, 7) is 1.54. The molecule has 124 valence electrons. The number of hydrogen-bond acceptors (Lipinski definition) is 3. The zero-order valence-corrected chi connectivity index (χ0v) is 14.1. The monoisotopic (exact) mass is 345 g/mol. The minimum atomic E-state index is -3.45. The number of sulfone groups is 1. The number of fused-ring (bicyclic) bond motifs is 1. The average molecular weight is 345 g/mol. The summed E-state index contributed by atoms with van der Waals surface area (Å²) in [5.74, 6) is -0.597. The maximum Gasteiger partial charge on any atom is 0.258 e. The molecule has 0 bridgehead atoms. The van der Waals surface area contributed by atoms with Crippen LogP contribution in [0.3, 0.4) is 0 Å². The first kappa shape index (κ1) is 16.4. The molecule has 0 spiro atoms. The Balaban J connectivity index is 2.39. The van der Waals surface area contributed by atoms with E-state index in [1.807, 2.05) is 0 Å². The van der Waals surface area contributed by atoms with Gasteiger partial charge in [0, 0.05) is 29.8 Å². The number of aryl methyl sites for hydroxylation is 1. The molecule has 3 rings (SSSR count). The van der Waals surface area contributed by atoms with Gasteiger partial charge >= 0.3 is 0 Å². The number of nitrogens with zero attached hydrogens (tertiary/aromatic N) is 1. The van der Waals surface area contributed by atoms with Gasteiger partial charge in [-0.2, -0.15) is 0 Å². The highest BCUT2D eigenvalue weighted by atomic mass is 32.2. The lowest BCUT2D eigenvalue weighted by molar-refractivity contribution is 0.596. The minimum Gasteiger partial charge on any atom is -0.317 e. The fourth-order valence-corrected chi connectivity index (χ4v) is 3.61. The highest BCUT2D eigenvalue weighted by Gasteiger charge is 2.17. The number of halogens is 1. The van der Waals surface area contributed by atoms with Crippen molar-refractivity contribution in [2.75, 3.05) is 5.75 Å². The van der Waals surface area contributed by atoms with Crippen LogP contribution in [-0.4, -0.2) is 18.7 Å². The first-order valence-electron chi connectivity index (χ1n) is 7.46. The molecule has 0 amide bonds. The molecular weight excluding hydrogens is 329 g/mol. The molecule has 0 aliphatic carbocycles. The summed E-state index contributed by atoms with van der Waals surface area (Å²) in [4.78, 5) is 12.3. The van der Waals surface area contributed by atoms with Crippen LogP contribution in [0, 0.1) is 5.82 Å². The molecule has 0 aliphatic heterocycles. The van der Waals surface area contributed by atoms with Crippen LogP contribution in [0.1, 0.15) is 6.92 Å². The van der Waals surface area contributed by atoms with E-state index in [2.05, 4.69) is 0 Å².